The molecule has 54 valence electrons. The molecule has 3 heteroatoms. The fraction of sp³-hybridized carbons (Fsp3) is 0.143. The van der Waals surface area contributed by atoms with E-state index in [2.05, 4.69) is 23.8 Å². The lowest BCUT2D eigenvalue weighted by Gasteiger charge is -1.95. The van der Waals surface area contributed by atoms with Crippen molar-refractivity contribution in [2.24, 2.45) is 0 Å². The van der Waals surface area contributed by atoms with Gasteiger partial charge in [-0.05, 0) is 12.1 Å². The number of rotatable bonds is 3. The average Bonchev–Trinajstić information content (AvgIpc) is 2.03. The minimum absolute atomic E-state index is 1.01. The zero-order valence-electron chi connectivity index (χ0n) is 5.36. The molecule has 0 fully saturated rings. The van der Waals surface area contributed by atoms with Crippen LogP contribution in [0.5, 0.6) is 0 Å². The second kappa shape index (κ2) is 4.99. The van der Waals surface area contributed by atoms with Crippen molar-refractivity contribution in [2.75, 3.05) is 5.08 Å². The number of hydrogen-bond donors (Lipinski definition) is 1. The quantitative estimate of drug-likeness (QED) is 0.334. The molecule has 0 atom stereocenters. The Kier molecular flexibility index (Phi) is 4.18. The molecule has 0 spiro atoms. The molecule has 0 aliphatic carbocycles. The highest BCUT2D eigenvalue weighted by Gasteiger charge is 1.88. The van der Waals surface area contributed by atoms with E-state index in [0.717, 1.165) is 5.08 Å². The highest BCUT2D eigenvalue weighted by atomic mass is 33.1. The van der Waals surface area contributed by atoms with Gasteiger partial charge in [0.25, 0.3) is 0 Å². The van der Waals surface area contributed by atoms with Gasteiger partial charge in [-0.15, -0.1) is 23.4 Å². The first kappa shape index (κ1) is 8.37. The van der Waals surface area contributed by atoms with Crippen LogP contribution in [0, 0.1) is 0 Å². The summed E-state index contributed by atoms with van der Waals surface area (Å²) in [5.74, 6) is 0. The molecule has 0 heterocycles. The van der Waals surface area contributed by atoms with Crippen LogP contribution < -0.4 is 0 Å². The molecule has 0 saturated heterocycles. The van der Waals surface area contributed by atoms with Gasteiger partial charge in [-0.25, -0.2) is 0 Å². The first-order valence-electron chi connectivity index (χ1n) is 2.87. The molecule has 0 aromatic heterocycles. The molecule has 0 unspecified atom stereocenters. The smallest absolute Gasteiger partial charge is 0.0540 e. The Hall–Kier alpha value is 0.270. The summed E-state index contributed by atoms with van der Waals surface area (Å²) in [6, 6.07) is 10.3. The van der Waals surface area contributed by atoms with Crippen LogP contribution in [-0.4, -0.2) is 5.08 Å². The van der Waals surface area contributed by atoms with E-state index in [0.29, 0.717) is 0 Å². The highest BCUT2D eigenvalue weighted by Crippen LogP contribution is 2.23. The lowest BCUT2D eigenvalue weighted by atomic mass is 10.4. The van der Waals surface area contributed by atoms with Gasteiger partial charge in [-0.2, -0.15) is 0 Å². The molecular formula is C7H8S3. The van der Waals surface area contributed by atoms with Crippen LogP contribution in [0.4, 0.5) is 0 Å². The van der Waals surface area contributed by atoms with Crippen LogP contribution in [0.1, 0.15) is 0 Å². The van der Waals surface area contributed by atoms with Crippen LogP contribution in [0.2, 0.25) is 0 Å². The first-order valence-corrected chi connectivity index (χ1v) is 5.90. The van der Waals surface area contributed by atoms with Crippen LogP contribution in [-0.2, 0) is 0 Å². The summed E-state index contributed by atoms with van der Waals surface area (Å²) in [5.41, 5.74) is 0. The minimum atomic E-state index is 1.01. The van der Waals surface area contributed by atoms with E-state index in [1.807, 2.05) is 18.2 Å². The third-order valence-corrected chi connectivity index (χ3v) is 3.47. The van der Waals surface area contributed by atoms with Crippen molar-refractivity contribution in [2.45, 2.75) is 4.90 Å². The molecule has 0 bridgehead atoms. The highest BCUT2D eigenvalue weighted by molar-refractivity contribution is 8.70. The van der Waals surface area contributed by atoms with E-state index in [4.69, 9.17) is 0 Å². The van der Waals surface area contributed by atoms with E-state index in [-0.39, 0.29) is 0 Å². The maximum atomic E-state index is 4.05. The summed E-state index contributed by atoms with van der Waals surface area (Å²) >= 11 is 5.85. The number of hydrogen-bond acceptors (Lipinski definition) is 3. The lowest BCUT2D eigenvalue weighted by Crippen LogP contribution is -1.68. The number of benzene rings is 1. The van der Waals surface area contributed by atoms with Crippen molar-refractivity contribution < 1.29 is 0 Å². The zero-order chi connectivity index (χ0) is 7.23. The van der Waals surface area contributed by atoms with Gasteiger partial charge in [0, 0.05) is 4.90 Å². The van der Waals surface area contributed by atoms with E-state index < -0.39 is 0 Å². The van der Waals surface area contributed by atoms with Gasteiger partial charge >= 0.3 is 0 Å². The van der Waals surface area contributed by atoms with Crippen molar-refractivity contribution >= 4 is 34.2 Å². The summed E-state index contributed by atoms with van der Waals surface area (Å²) in [7, 11) is 1.55. The largest absolute Gasteiger partial charge is 0.114 e. The maximum Gasteiger partial charge on any atom is 0.0540 e. The van der Waals surface area contributed by atoms with E-state index in [1.165, 1.54) is 4.90 Å². The van der Waals surface area contributed by atoms with Gasteiger partial charge in [0.2, 0.25) is 0 Å². The fourth-order valence-electron chi connectivity index (χ4n) is 0.611. The number of thiol groups is 1. The third kappa shape index (κ3) is 2.90. The molecular weight excluding hydrogens is 180 g/mol. The Labute approximate surface area is 74.6 Å². The molecule has 0 radical (unpaired) electrons. The predicted molar refractivity (Wildman–Crippen MR) is 53.7 cm³/mol. The van der Waals surface area contributed by atoms with Gasteiger partial charge in [-0.3, -0.25) is 0 Å². The number of thioether (sulfide) groups is 1. The summed E-state index contributed by atoms with van der Waals surface area (Å²) in [4.78, 5) is 1.31. The Bertz CT molecular complexity index is 173. The summed E-state index contributed by atoms with van der Waals surface area (Å²) in [6.07, 6.45) is 0. The third-order valence-electron chi connectivity index (χ3n) is 1.02. The van der Waals surface area contributed by atoms with Crippen LogP contribution >= 0.6 is 34.2 Å². The molecule has 10 heavy (non-hydrogen) atoms. The van der Waals surface area contributed by atoms with Crippen LogP contribution in [0.25, 0.3) is 0 Å². The SMILES string of the molecule is SSCSc1ccccc1. The van der Waals surface area contributed by atoms with Gasteiger partial charge in [-0.1, -0.05) is 29.0 Å². The second-order valence-electron chi connectivity index (χ2n) is 1.70. The van der Waals surface area contributed by atoms with Gasteiger partial charge in [0.15, 0.2) is 0 Å². The van der Waals surface area contributed by atoms with Crippen molar-refractivity contribution in [1.29, 1.82) is 0 Å². The monoisotopic (exact) mass is 188 g/mol. The van der Waals surface area contributed by atoms with E-state index in [1.54, 1.807) is 22.6 Å². The van der Waals surface area contributed by atoms with Crippen molar-refractivity contribution in [3.8, 4) is 0 Å². The molecule has 0 nitrogen and oxygen atoms in total. The van der Waals surface area contributed by atoms with Crippen molar-refractivity contribution in [3.05, 3.63) is 30.3 Å². The Balaban J connectivity index is 2.43. The summed E-state index contributed by atoms with van der Waals surface area (Å²) < 4.78 is 0. The molecule has 0 saturated carbocycles. The second-order valence-corrected chi connectivity index (χ2v) is 4.44. The molecule has 0 aliphatic heterocycles. The lowest BCUT2D eigenvalue weighted by molar-refractivity contribution is 1.47. The predicted octanol–water partition coefficient (Wildman–Crippen LogP) is 3.31. The standard InChI is InChI=1S/C7H8S3/c8-10-6-9-7-4-2-1-3-5-7/h1-5,8H,6H2. The zero-order valence-corrected chi connectivity index (χ0v) is 7.88. The van der Waals surface area contributed by atoms with Crippen molar-refractivity contribution in [3.63, 3.8) is 0 Å². The van der Waals surface area contributed by atoms with Gasteiger partial charge in [0.05, 0.1) is 5.08 Å². The molecule has 1 aromatic carbocycles. The molecule has 0 amide bonds. The molecule has 0 N–H and O–H groups in total. The Morgan fingerprint density at radius 2 is 1.90 bits per heavy atom. The maximum absolute atomic E-state index is 4.05. The van der Waals surface area contributed by atoms with E-state index in [9.17, 15) is 0 Å². The van der Waals surface area contributed by atoms with Gasteiger partial charge < -0.3 is 0 Å². The van der Waals surface area contributed by atoms with Gasteiger partial charge in [0.1, 0.15) is 0 Å². The Morgan fingerprint density at radius 1 is 1.20 bits per heavy atom. The van der Waals surface area contributed by atoms with Crippen molar-refractivity contribution in [1.82, 2.24) is 0 Å². The first-order chi connectivity index (χ1) is 4.93. The molecule has 0 aliphatic rings. The van der Waals surface area contributed by atoms with E-state index >= 15 is 0 Å². The summed E-state index contributed by atoms with van der Waals surface area (Å²) in [6.45, 7) is 0. The van der Waals surface area contributed by atoms with Crippen LogP contribution in [0.15, 0.2) is 35.2 Å². The normalized spacial score (nSPS) is 9.70. The fourth-order valence-corrected chi connectivity index (χ4v) is 2.19. The van der Waals surface area contributed by atoms with Crippen LogP contribution in [0.3, 0.4) is 0 Å². The average molecular weight is 188 g/mol. The molecule has 1 aromatic rings. The summed E-state index contributed by atoms with van der Waals surface area (Å²) in [5, 5.41) is 1.01. The topological polar surface area (TPSA) is 0 Å². The molecule has 1 rings (SSSR count). The minimum Gasteiger partial charge on any atom is -0.114 e. The Morgan fingerprint density at radius 3 is 2.50 bits per heavy atom.